The van der Waals surface area contributed by atoms with E-state index in [0.717, 1.165) is 36.2 Å². The topological polar surface area (TPSA) is 113 Å². The molecule has 0 atom stereocenters. The largest absolute Gasteiger partial charge is 0.376 e. The van der Waals surface area contributed by atoms with Crippen LogP contribution >= 0.6 is 0 Å². The lowest BCUT2D eigenvalue weighted by molar-refractivity contribution is -0.115. The Hall–Kier alpha value is -3.31. The quantitative estimate of drug-likeness (QED) is 0.564. The van der Waals surface area contributed by atoms with Gasteiger partial charge in [-0.3, -0.25) is 4.79 Å². The Bertz CT molecular complexity index is 1200. The molecule has 0 bridgehead atoms. The molecule has 1 fully saturated rings. The molecule has 11 heteroatoms. The van der Waals surface area contributed by atoms with E-state index in [1.54, 1.807) is 18.2 Å². The lowest BCUT2D eigenvalue weighted by Crippen LogP contribution is -2.35. The van der Waals surface area contributed by atoms with Crippen LogP contribution in [0.2, 0.25) is 0 Å². The summed E-state index contributed by atoms with van der Waals surface area (Å²) in [5.41, 5.74) is 2.80. The van der Waals surface area contributed by atoms with Crippen molar-refractivity contribution >= 4 is 27.3 Å². The predicted octanol–water partition coefficient (Wildman–Crippen LogP) is 2.08. The minimum atomic E-state index is -3.60. The van der Waals surface area contributed by atoms with Crippen LogP contribution in [0.25, 0.3) is 5.69 Å². The van der Waals surface area contributed by atoms with E-state index < -0.39 is 10.0 Å². The summed E-state index contributed by atoms with van der Waals surface area (Å²) in [4.78, 5) is 14.8. The van der Waals surface area contributed by atoms with Gasteiger partial charge in [-0.25, -0.2) is 13.1 Å². The fourth-order valence-electron chi connectivity index (χ4n) is 3.85. The summed E-state index contributed by atoms with van der Waals surface area (Å²) in [5.74, 6) is -0.235. The standard InChI is InChI=1S/C22H27N7O3S/c1-27(2)21-11-10-19(33(31,32)28-12-4-3-5-13-28)15-20(21)24-22(30)14-17-6-8-18(9-7-17)29-16-23-25-26-29/h6-11,15-16H,3-5,12-14H2,1-2H3,(H,24,30). The number of hydrogen-bond donors (Lipinski definition) is 1. The lowest BCUT2D eigenvalue weighted by atomic mass is 10.1. The van der Waals surface area contributed by atoms with Crippen molar-refractivity contribution in [2.24, 2.45) is 0 Å². The van der Waals surface area contributed by atoms with E-state index in [9.17, 15) is 13.2 Å². The highest BCUT2D eigenvalue weighted by molar-refractivity contribution is 7.89. The maximum absolute atomic E-state index is 13.1. The number of nitrogens with one attached hydrogen (secondary N) is 1. The van der Waals surface area contributed by atoms with Gasteiger partial charge in [0.1, 0.15) is 6.33 Å². The molecule has 0 aliphatic carbocycles. The van der Waals surface area contributed by atoms with Gasteiger partial charge in [-0.15, -0.1) is 5.10 Å². The molecule has 0 unspecified atom stereocenters. The van der Waals surface area contributed by atoms with Gasteiger partial charge >= 0.3 is 0 Å². The smallest absolute Gasteiger partial charge is 0.243 e. The number of carbonyl (C=O) groups excluding carboxylic acids is 1. The molecule has 3 aromatic rings. The Balaban J connectivity index is 1.52. The van der Waals surface area contributed by atoms with Crippen LogP contribution in [-0.4, -0.2) is 66.0 Å². The number of benzene rings is 2. The van der Waals surface area contributed by atoms with Crippen molar-refractivity contribution in [3.05, 3.63) is 54.4 Å². The van der Waals surface area contributed by atoms with Gasteiger partial charge in [-0.2, -0.15) is 4.31 Å². The molecule has 33 heavy (non-hydrogen) atoms. The maximum atomic E-state index is 13.1. The fraction of sp³-hybridized carbons (Fsp3) is 0.364. The van der Waals surface area contributed by atoms with E-state index in [2.05, 4.69) is 20.8 Å². The summed E-state index contributed by atoms with van der Waals surface area (Å²) in [7, 11) is 0.0945. The Kier molecular flexibility index (Phi) is 6.70. The van der Waals surface area contributed by atoms with Gasteiger partial charge < -0.3 is 10.2 Å². The van der Waals surface area contributed by atoms with Crippen LogP contribution in [0.5, 0.6) is 0 Å². The third kappa shape index (κ3) is 5.20. The zero-order valence-corrected chi connectivity index (χ0v) is 19.5. The van der Waals surface area contributed by atoms with Gasteiger partial charge in [0, 0.05) is 27.2 Å². The Labute approximate surface area is 193 Å². The number of carbonyl (C=O) groups is 1. The molecule has 0 saturated carbocycles. The van der Waals surface area contributed by atoms with E-state index in [1.165, 1.54) is 15.3 Å². The summed E-state index contributed by atoms with van der Waals surface area (Å²) in [5, 5.41) is 14.0. The summed E-state index contributed by atoms with van der Waals surface area (Å²) >= 11 is 0. The summed E-state index contributed by atoms with van der Waals surface area (Å²) in [6.45, 7) is 1.06. The van der Waals surface area contributed by atoms with Crippen LogP contribution in [0.4, 0.5) is 11.4 Å². The number of nitrogens with zero attached hydrogens (tertiary/aromatic N) is 6. The average molecular weight is 470 g/mol. The molecule has 2 heterocycles. The van der Waals surface area contributed by atoms with Crippen LogP contribution in [-0.2, 0) is 21.2 Å². The first kappa shape index (κ1) is 22.9. The first-order valence-corrected chi connectivity index (χ1v) is 12.2. The molecule has 2 aromatic carbocycles. The number of anilines is 2. The number of sulfonamides is 1. The summed E-state index contributed by atoms with van der Waals surface area (Å²) < 4.78 is 29.3. The number of tetrazole rings is 1. The normalized spacial score (nSPS) is 14.7. The van der Waals surface area contributed by atoms with Crippen molar-refractivity contribution in [2.75, 3.05) is 37.4 Å². The molecule has 1 aromatic heterocycles. The van der Waals surface area contributed by atoms with Gasteiger partial charge in [-0.05, 0) is 59.2 Å². The van der Waals surface area contributed by atoms with Crippen LogP contribution in [0, 0.1) is 0 Å². The molecule has 1 saturated heterocycles. The molecule has 1 aliphatic heterocycles. The van der Waals surface area contributed by atoms with Gasteiger partial charge in [0.15, 0.2) is 0 Å². The van der Waals surface area contributed by atoms with Gasteiger partial charge in [0.2, 0.25) is 15.9 Å². The van der Waals surface area contributed by atoms with Crippen molar-refractivity contribution < 1.29 is 13.2 Å². The van der Waals surface area contributed by atoms with E-state index in [0.29, 0.717) is 18.8 Å². The zero-order chi connectivity index (χ0) is 23.4. The number of piperidine rings is 1. The van der Waals surface area contributed by atoms with Gasteiger partial charge in [0.25, 0.3) is 0 Å². The number of hydrogen-bond acceptors (Lipinski definition) is 7. The Morgan fingerprint density at radius 2 is 1.79 bits per heavy atom. The van der Waals surface area contributed by atoms with Gasteiger partial charge in [0.05, 0.1) is 28.4 Å². The first-order chi connectivity index (χ1) is 15.8. The molecule has 4 rings (SSSR count). The highest BCUT2D eigenvalue weighted by atomic mass is 32.2. The van der Waals surface area contributed by atoms with Crippen LogP contribution in [0.15, 0.2) is 53.7 Å². The van der Waals surface area contributed by atoms with E-state index in [-0.39, 0.29) is 17.2 Å². The molecular formula is C22H27N7O3S. The second-order valence-electron chi connectivity index (χ2n) is 8.18. The number of rotatable bonds is 7. The zero-order valence-electron chi connectivity index (χ0n) is 18.7. The molecule has 1 aliphatic rings. The molecule has 0 radical (unpaired) electrons. The third-order valence-corrected chi connectivity index (χ3v) is 7.49. The Morgan fingerprint density at radius 3 is 2.42 bits per heavy atom. The second-order valence-corrected chi connectivity index (χ2v) is 10.1. The fourth-order valence-corrected chi connectivity index (χ4v) is 5.39. The average Bonchev–Trinajstić information content (AvgIpc) is 3.35. The second kappa shape index (κ2) is 9.67. The highest BCUT2D eigenvalue weighted by Crippen LogP contribution is 2.30. The van der Waals surface area contributed by atoms with E-state index in [1.807, 2.05) is 43.3 Å². The Morgan fingerprint density at radius 1 is 1.06 bits per heavy atom. The number of aromatic nitrogens is 4. The highest BCUT2D eigenvalue weighted by Gasteiger charge is 2.27. The lowest BCUT2D eigenvalue weighted by Gasteiger charge is -2.26. The third-order valence-electron chi connectivity index (χ3n) is 5.59. The van der Waals surface area contributed by atoms with Crippen molar-refractivity contribution in [1.29, 1.82) is 0 Å². The summed E-state index contributed by atoms with van der Waals surface area (Å²) in [6.07, 6.45) is 4.42. The molecule has 1 N–H and O–H groups in total. The van der Waals surface area contributed by atoms with Crippen molar-refractivity contribution in [2.45, 2.75) is 30.6 Å². The first-order valence-electron chi connectivity index (χ1n) is 10.8. The van der Waals surface area contributed by atoms with E-state index >= 15 is 0 Å². The SMILES string of the molecule is CN(C)c1ccc(S(=O)(=O)N2CCCCC2)cc1NC(=O)Cc1ccc(-n2cnnn2)cc1. The number of amides is 1. The van der Waals surface area contributed by atoms with Gasteiger partial charge in [-0.1, -0.05) is 18.6 Å². The van der Waals surface area contributed by atoms with Crippen molar-refractivity contribution in [1.82, 2.24) is 24.5 Å². The van der Waals surface area contributed by atoms with Crippen LogP contribution in [0.1, 0.15) is 24.8 Å². The van der Waals surface area contributed by atoms with Crippen LogP contribution in [0.3, 0.4) is 0 Å². The molecule has 10 nitrogen and oxygen atoms in total. The van der Waals surface area contributed by atoms with Crippen molar-refractivity contribution in [3.63, 3.8) is 0 Å². The minimum absolute atomic E-state index is 0.145. The summed E-state index contributed by atoms with van der Waals surface area (Å²) in [6, 6.07) is 12.2. The molecule has 0 spiro atoms. The van der Waals surface area contributed by atoms with Crippen LogP contribution < -0.4 is 10.2 Å². The predicted molar refractivity (Wildman–Crippen MR) is 125 cm³/mol. The monoisotopic (exact) mass is 469 g/mol. The molecule has 174 valence electrons. The molecular weight excluding hydrogens is 442 g/mol. The van der Waals surface area contributed by atoms with E-state index in [4.69, 9.17) is 0 Å². The maximum Gasteiger partial charge on any atom is 0.243 e. The molecule has 1 amide bonds. The minimum Gasteiger partial charge on any atom is -0.376 e. The van der Waals surface area contributed by atoms with Crippen molar-refractivity contribution in [3.8, 4) is 5.69 Å².